The van der Waals surface area contributed by atoms with Crippen molar-refractivity contribution in [2.75, 3.05) is 42.6 Å². The summed E-state index contributed by atoms with van der Waals surface area (Å²) in [6, 6.07) is 14.7. The highest BCUT2D eigenvalue weighted by atomic mass is 16.5. The number of aromatic hydroxyl groups is 1. The summed E-state index contributed by atoms with van der Waals surface area (Å²) in [5, 5.41) is 10.0. The number of phenols is 1. The molecule has 2 aromatic carbocycles. The second-order valence-electron chi connectivity index (χ2n) is 7.40. The Hall–Kier alpha value is -3.45. The van der Waals surface area contributed by atoms with Gasteiger partial charge in [0, 0.05) is 36.3 Å². The number of nitrogens with zero attached hydrogens (tertiary/aromatic N) is 4. The molecule has 0 saturated carbocycles. The number of aromatic nitrogens is 2. The first-order chi connectivity index (χ1) is 14.7. The van der Waals surface area contributed by atoms with E-state index < -0.39 is 0 Å². The molecular formula is C23H22N4O3. The first-order valence-electron chi connectivity index (χ1n) is 10.1. The van der Waals surface area contributed by atoms with E-state index in [0.29, 0.717) is 31.3 Å². The molecule has 7 nitrogen and oxygen atoms in total. The number of carbonyl (C=O) groups is 1. The monoisotopic (exact) mass is 402 g/mol. The Bertz CT molecular complexity index is 1100. The van der Waals surface area contributed by atoms with Crippen molar-refractivity contribution < 1.29 is 14.6 Å². The maximum atomic E-state index is 11.6. The standard InChI is InChI=1S/C23H22N4O3/c28-15-17-4-1-2-7-20(17)27-9-8-19-21(16-5-3-6-18(29)14-16)24-23(25-22(19)27)26-10-12-30-13-11-26/h1-7,14-15,29H,8-13H2. The summed E-state index contributed by atoms with van der Waals surface area (Å²) < 4.78 is 5.49. The topological polar surface area (TPSA) is 78.8 Å². The summed E-state index contributed by atoms with van der Waals surface area (Å²) >= 11 is 0. The van der Waals surface area contributed by atoms with Gasteiger partial charge in [0.15, 0.2) is 6.29 Å². The van der Waals surface area contributed by atoms with Gasteiger partial charge in [-0.05, 0) is 30.7 Å². The number of hydrogen-bond donors (Lipinski definition) is 1. The van der Waals surface area contributed by atoms with Gasteiger partial charge in [0.25, 0.3) is 0 Å². The van der Waals surface area contributed by atoms with Crippen molar-refractivity contribution in [3.8, 4) is 17.0 Å². The number of phenolic OH excluding ortho intramolecular Hbond substituents is 1. The number of morpholine rings is 1. The fraction of sp³-hybridized carbons (Fsp3) is 0.261. The van der Waals surface area contributed by atoms with Crippen LogP contribution in [0.1, 0.15) is 15.9 Å². The molecule has 1 N–H and O–H groups in total. The van der Waals surface area contributed by atoms with E-state index in [1.807, 2.05) is 36.4 Å². The number of anilines is 3. The van der Waals surface area contributed by atoms with Crippen LogP contribution in [0, 0.1) is 0 Å². The van der Waals surface area contributed by atoms with Crippen LogP contribution < -0.4 is 9.80 Å². The molecule has 0 radical (unpaired) electrons. The third-order valence-electron chi connectivity index (χ3n) is 5.58. The molecule has 0 amide bonds. The molecule has 3 heterocycles. The summed E-state index contributed by atoms with van der Waals surface area (Å²) in [4.78, 5) is 25.7. The number of rotatable bonds is 4. The van der Waals surface area contributed by atoms with E-state index in [1.165, 1.54) is 0 Å². The van der Waals surface area contributed by atoms with Crippen LogP contribution in [0.3, 0.4) is 0 Å². The lowest BCUT2D eigenvalue weighted by Crippen LogP contribution is -2.37. The van der Waals surface area contributed by atoms with E-state index in [-0.39, 0.29) is 5.75 Å². The summed E-state index contributed by atoms with van der Waals surface area (Å²) in [5.41, 5.74) is 4.19. The highest BCUT2D eigenvalue weighted by Crippen LogP contribution is 2.40. The maximum absolute atomic E-state index is 11.6. The average molecular weight is 402 g/mol. The smallest absolute Gasteiger partial charge is 0.228 e. The molecule has 5 rings (SSSR count). The maximum Gasteiger partial charge on any atom is 0.228 e. The normalized spacial score (nSPS) is 15.9. The predicted molar refractivity (Wildman–Crippen MR) is 115 cm³/mol. The molecule has 0 atom stereocenters. The molecule has 2 aliphatic heterocycles. The van der Waals surface area contributed by atoms with Crippen LogP contribution in [0.2, 0.25) is 0 Å². The number of ether oxygens (including phenoxy) is 1. The molecule has 30 heavy (non-hydrogen) atoms. The van der Waals surface area contributed by atoms with Crippen LogP contribution in [-0.4, -0.2) is 54.2 Å². The van der Waals surface area contributed by atoms with E-state index in [4.69, 9.17) is 14.7 Å². The lowest BCUT2D eigenvalue weighted by Gasteiger charge is -2.28. The first-order valence-corrected chi connectivity index (χ1v) is 10.1. The fourth-order valence-electron chi connectivity index (χ4n) is 4.11. The zero-order valence-electron chi connectivity index (χ0n) is 16.5. The Kier molecular flexibility index (Phi) is 4.80. The highest BCUT2D eigenvalue weighted by Gasteiger charge is 2.30. The number of hydrogen-bond acceptors (Lipinski definition) is 7. The Morgan fingerprint density at radius 1 is 1.00 bits per heavy atom. The minimum absolute atomic E-state index is 0.203. The van der Waals surface area contributed by atoms with Gasteiger partial charge in [-0.1, -0.05) is 24.3 Å². The Morgan fingerprint density at radius 3 is 2.63 bits per heavy atom. The van der Waals surface area contributed by atoms with Crippen molar-refractivity contribution in [2.45, 2.75) is 6.42 Å². The predicted octanol–water partition coefficient (Wildman–Crippen LogP) is 3.19. The average Bonchev–Trinajstić information content (AvgIpc) is 3.23. The van der Waals surface area contributed by atoms with Crippen molar-refractivity contribution in [3.05, 3.63) is 59.7 Å². The zero-order chi connectivity index (χ0) is 20.5. The molecular weight excluding hydrogens is 380 g/mol. The largest absolute Gasteiger partial charge is 0.508 e. The van der Waals surface area contributed by atoms with Gasteiger partial charge in [0.1, 0.15) is 11.6 Å². The first kappa shape index (κ1) is 18.6. The second-order valence-corrected chi connectivity index (χ2v) is 7.40. The van der Waals surface area contributed by atoms with Crippen LogP contribution >= 0.6 is 0 Å². The van der Waals surface area contributed by atoms with Crippen LogP contribution in [0.15, 0.2) is 48.5 Å². The summed E-state index contributed by atoms with van der Waals surface area (Å²) in [6.07, 6.45) is 1.64. The minimum atomic E-state index is 0.203. The van der Waals surface area contributed by atoms with Crippen molar-refractivity contribution in [2.24, 2.45) is 0 Å². The molecule has 0 bridgehead atoms. The van der Waals surface area contributed by atoms with E-state index in [1.54, 1.807) is 12.1 Å². The molecule has 0 aliphatic carbocycles. The molecule has 152 valence electrons. The van der Waals surface area contributed by atoms with E-state index in [2.05, 4.69) is 9.80 Å². The van der Waals surface area contributed by atoms with Crippen LogP contribution in [0.4, 0.5) is 17.5 Å². The molecule has 0 spiro atoms. The van der Waals surface area contributed by atoms with Crippen molar-refractivity contribution in [3.63, 3.8) is 0 Å². The molecule has 2 aliphatic rings. The zero-order valence-corrected chi connectivity index (χ0v) is 16.5. The third-order valence-corrected chi connectivity index (χ3v) is 5.58. The quantitative estimate of drug-likeness (QED) is 0.672. The van der Waals surface area contributed by atoms with Crippen molar-refractivity contribution >= 4 is 23.7 Å². The number of para-hydroxylation sites is 1. The number of carbonyl (C=O) groups excluding carboxylic acids is 1. The van der Waals surface area contributed by atoms with Crippen LogP contribution in [-0.2, 0) is 11.2 Å². The van der Waals surface area contributed by atoms with Gasteiger partial charge >= 0.3 is 0 Å². The van der Waals surface area contributed by atoms with Gasteiger partial charge in [-0.15, -0.1) is 0 Å². The third kappa shape index (κ3) is 3.27. The second kappa shape index (κ2) is 7.76. The summed E-state index contributed by atoms with van der Waals surface area (Å²) in [6.45, 7) is 3.44. The van der Waals surface area contributed by atoms with Crippen molar-refractivity contribution in [1.29, 1.82) is 0 Å². The number of aldehydes is 1. The molecule has 1 fully saturated rings. The van der Waals surface area contributed by atoms with Crippen LogP contribution in [0.5, 0.6) is 5.75 Å². The highest BCUT2D eigenvalue weighted by molar-refractivity contribution is 5.88. The molecule has 7 heteroatoms. The van der Waals surface area contributed by atoms with Gasteiger partial charge < -0.3 is 19.6 Å². The van der Waals surface area contributed by atoms with Crippen molar-refractivity contribution in [1.82, 2.24) is 9.97 Å². The Balaban J connectivity index is 1.67. The van der Waals surface area contributed by atoms with Gasteiger partial charge in [-0.25, -0.2) is 4.98 Å². The summed E-state index contributed by atoms with van der Waals surface area (Å²) in [7, 11) is 0. The number of benzene rings is 2. The lowest BCUT2D eigenvalue weighted by molar-refractivity contribution is 0.112. The fourth-order valence-corrected chi connectivity index (χ4v) is 4.11. The molecule has 3 aromatic rings. The van der Waals surface area contributed by atoms with Gasteiger partial charge in [-0.2, -0.15) is 4.98 Å². The van der Waals surface area contributed by atoms with E-state index >= 15 is 0 Å². The summed E-state index contributed by atoms with van der Waals surface area (Å²) in [5.74, 6) is 1.67. The van der Waals surface area contributed by atoms with Crippen LogP contribution in [0.25, 0.3) is 11.3 Å². The van der Waals surface area contributed by atoms with E-state index in [0.717, 1.165) is 54.1 Å². The van der Waals surface area contributed by atoms with Gasteiger partial charge in [-0.3, -0.25) is 4.79 Å². The molecule has 1 saturated heterocycles. The van der Waals surface area contributed by atoms with E-state index in [9.17, 15) is 9.90 Å². The lowest BCUT2D eigenvalue weighted by atomic mass is 10.1. The minimum Gasteiger partial charge on any atom is -0.508 e. The molecule has 1 aromatic heterocycles. The number of fused-ring (bicyclic) bond motifs is 1. The Morgan fingerprint density at radius 2 is 1.83 bits per heavy atom. The van der Waals surface area contributed by atoms with Gasteiger partial charge in [0.05, 0.1) is 24.6 Å². The molecule has 0 unspecified atom stereocenters. The SMILES string of the molecule is O=Cc1ccccc1N1CCc2c(-c3cccc(O)c3)nc(N3CCOCC3)nc21. The Labute approximate surface area is 174 Å². The van der Waals surface area contributed by atoms with Gasteiger partial charge in [0.2, 0.25) is 5.95 Å².